The van der Waals surface area contributed by atoms with Gasteiger partial charge in [-0.2, -0.15) is 8.42 Å². The van der Waals surface area contributed by atoms with E-state index >= 15 is 0 Å². The summed E-state index contributed by atoms with van der Waals surface area (Å²) in [6.07, 6.45) is 13.9. The molecule has 0 aromatic heterocycles. The quantitative estimate of drug-likeness (QED) is 0.238. The van der Waals surface area contributed by atoms with Gasteiger partial charge in [0.1, 0.15) is 0 Å². The van der Waals surface area contributed by atoms with Crippen molar-refractivity contribution in [2.24, 2.45) is 39.4 Å². The van der Waals surface area contributed by atoms with Crippen molar-refractivity contribution in [1.82, 2.24) is 0 Å². The van der Waals surface area contributed by atoms with Crippen LogP contribution < -0.4 is 0 Å². The summed E-state index contributed by atoms with van der Waals surface area (Å²) < 4.78 is 32.7. The van der Waals surface area contributed by atoms with E-state index in [0.717, 1.165) is 36.7 Å². The lowest BCUT2D eigenvalue weighted by Gasteiger charge is -2.62. The number of rotatable bonds is 7. The predicted octanol–water partition coefficient (Wildman–Crippen LogP) is 10.2. The highest BCUT2D eigenvalue weighted by atomic mass is 32.2. The second-order valence-electron chi connectivity index (χ2n) is 15.9. The van der Waals surface area contributed by atoms with E-state index in [1.54, 1.807) is 23.3 Å². The van der Waals surface area contributed by atoms with Gasteiger partial charge >= 0.3 is 0 Å². The molecule has 0 unspecified atom stereocenters. The lowest BCUT2D eigenvalue weighted by molar-refractivity contribution is -0.0833. The average molecular weight is 581 g/mol. The molecule has 41 heavy (non-hydrogen) atoms. The van der Waals surface area contributed by atoms with E-state index in [4.69, 9.17) is 4.18 Å². The summed E-state index contributed by atoms with van der Waals surface area (Å²) in [6.45, 7) is 21.3. The third kappa shape index (κ3) is 5.01. The molecule has 0 N–H and O–H groups in total. The summed E-state index contributed by atoms with van der Waals surface area (Å²) in [5.74, 6) is 1.98. The van der Waals surface area contributed by atoms with Gasteiger partial charge in [-0.05, 0) is 137 Å². The van der Waals surface area contributed by atoms with Crippen molar-refractivity contribution in [3.63, 3.8) is 0 Å². The molecular formula is C37H56O3S. The third-order valence-corrected chi connectivity index (χ3v) is 14.5. The molecule has 4 aliphatic rings. The monoisotopic (exact) mass is 580 g/mol. The zero-order valence-electron chi connectivity index (χ0n) is 27.4. The predicted molar refractivity (Wildman–Crippen MR) is 170 cm³/mol. The number of aryl methyl sites for hydroxylation is 1. The van der Waals surface area contributed by atoms with Crippen molar-refractivity contribution in [2.45, 2.75) is 138 Å². The van der Waals surface area contributed by atoms with Crippen LogP contribution in [0.4, 0.5) is 0 Å². The molecule has 1 aromatic rings. The van der Waals surface area contributed by atoms with Crippen LogP contribution in [0.2, 0.25) is 0 Å². The van der Waals surface area contributed by atoms with Gasteiger partial charge in [0.25, 0.3) is 10.1 Å². The van der Waals surface area contributed by atoms with E-state index in [2.05, 4.69) is 61.5 Å². The molecular weight excluding hydrogens is 524 g/mol. The van der Waals surface area contributed by atoms with E-state index < -0.39 is 10.1 Å². The van der Waals surface area contributed by atoms with E-state index in [1.807, 2.05) is 19.1 Å². The first-order valence-electron chi connectivity index (χ1n) is 16.4. The molecule has 0 bridgehead atoms. The number of hydrogen-bond acceptors (Lipinski definition) is 3. The first-order valence-corrected chi connectivity index (χ1v) is 17.8. The van der Waals surface area contributed by atoms with E-state index in [-0.39, 0.29) is 27.2 Å². The van der Waals surface area contributed by atoms with E-state index in [1.165, 1.54) is 50.5 Å². The molecule has 2 fully saturated rings. The second kappa shape index (κ2) is 10.7. The minimum absolute atomic E-state index is 0.127. The molecule has 0 heterocycles. The number of allylic oxidation sites excluding steroid dienone is 4. The van der Waals surface area contributed by atoms with Crippen LogP contribution in [0, 0.1) is 46.3 Å². The normalized spacial score (nSPS) is 37.1. The molecule has 7 atom stereocenters. The minimum atomic E-state index is -3.80. The van der Waals surface area contributed by atoms with Gasteiger partial charge in [-0.1, -0.05) is 82.0 Å². The van der Waals surface area contributed by atoms with Crippen LogP contribution >= 0.6 is 0 Å². The van der Waals surface area contributed by atoms with Gasteiger partial charge in [0.2, 0.25) is 0 Å². The Labute approximate surface area is 251 Å². The van der Waals surface area contributed by atoms with Gasteiger partial charge in [0, 0.05) is 0 Å². The Bertz CT molecular complexity index is 1310. The lowest BCUT2D eigenvalue weighted by atomic mass is 9.43. The molecule has 3 nitrogen and oxygen atoms in total. The number of fused-ring (bicyclic) bond motifs is 4. The molecule has 1 aromatic carbocycles. The fourth-order valence-electron chi connectivity index (χ4n) is 10.5. The standard InChI is InChI=1S/C37H56O3S/c1-25(2)11-10-12-27(4)29-19-23-37(9)31-17-18-32-34(5,6)33(40-41(38,39)28-15-13-26(3)14-16-28)21-22-35(32,7)30(31)20-24-36(29,37)8/h11,13-16,27,29,32-33H,10,12,17-24H2,1-9H3/t27-,29-,32+,33+,35-,36-,37+/m1/s1. The topological polar surface area (TPSA) is 43.4 Å². The van der Waals surface area contributed by atoms with Gasteiger partial charge in [-0.25, -0.2) is 0 Å². The van der Waals surface area contributed by atoms with Crippen molar-refractivity contribution in [3.05, 3.63) is 52.6 Å². The van der Waals surface area contributed by atoms with Crippen LogP contribution in [0.25, 0.3) is 0 Å². The molecule has 0 spiro atoms. The molecule has 0 radical (unpaired) electrons. The Balaban J connectivity index is 1.40. The molecule has 0 aliphatic heterocycles. The average Bonchev–Trinajstić information content (AvgIpc) is 3.17. The van der Waals surface area contributed by atoms with Crippen LogP contribution in [0.3, 0.4) is 0 Å². The molecule has 4 heteroatoms. The Morgan fingerprint density at radius 2 is 1.63 bits per heavy atom. The highest BCUT2D eigenvalue weighted by molar-refractivity contribution is 7.86. The maximum atomic E-state index is 13.3. The van der Waals surface area contributed by atoms with Gasteiger partial charge in [0.15, 0.2) is 0 Å². The van der Waals surface area contributed by atoms with E-state index in [0.29, 0.717) is 11.3 Å². The largest absolute Gasteiger partial charge is 0.297 e. The van der Waals surface area contributed by atoms with Crippen molar-refractivity contribution in [3.8, 4) is 0 Å². The summed E-state index contributed by atoms with van der Waals surface area (Å²) in [4.78, 5) is 0.270. The van der Waals surface area contributed by atoms with Crippen molar-refractivity contribution >= 4 is 10.1 Å². The minimum Gasteiger partial charge on any atom is -0.262 e. The van der Waals surface area contributed by atoms with Crippen molar-refractivity contribution in [1.29, 1.82) is 0 Å². The van der Waals surface area contributed by atoms with Crippen molar-refractivity contribution in [2.75, 3.05) is 0 Å². The first-order chi connectivity index (χ1) is 19.1. The van der Waals surface area contributed by atoms with Gasteiger partial charge in [-0.3, -0.25) is 4.18 Å². The van der Waals surface area contributed by atoms with Crippen LogP contribution in [0.15, 0.2) is 52.0 Å². The first kappa shape index (κ1) is 31.0. The van der Waals surface area contributed by atoms with Crippen LogP contribution in [-0.2, 0) is 14.3 Å². The summed E-state index contributed by atoms with van der Waals surface area (Å²) in [7, 11) is -3.80. The molecule has 2 saturated carbocycles. The maximum Gasteiger partial charge on any atom is 0.297 e. The molecule has 228 valence electrons. The summed E-state index contributed by atoms with van der Waals surface area (Å²) in [6, 6.07) is 7.06. The smallest absolute Gasteiger partial charge is 0.262 e. The Morgan fingerprint density at radius 1 is 0.951 bits per heavy atom. The maximum absolute atomic E-state index is 13.3. The van der Waals surface area contributed by atoms with Crippen molar-refractivity contribution < 1.29 is 12.6 Å². The summed E-state index contributed by atoms with van der Waals surface area (Å²) >= 11 is 0. The molecule has 0 amide bonds. The highest BCUT2D eigenvalue weighted by Gasteiger charge is 2.63. The zero-order valence-corrected chi connectivity index (χ0v) is 28.2. The Kier molecular flexibility index (Phi) is 8.07. The Hall–Kier alpha value is -1.39. The van der Waals surface area contributed by atoms with Crippen LogP contribution in [0.1, 0.15) is 125 Å². The second-order valence-corrected chi connectivity index (χ2v) is 17.5. The number of hydrogen-bond donors (Lipinski definition) is 0. The molecule has 0 saturated heterocycles. The Morgan fingerprint density at radius 3 is 2.29 bits per heavy atom. The highest BCUT2D eigenvalue weighted by Crippen LogP contribution is 2.72. The summed E-state index contributed by atoms with van der Waals surface area (Å²) in [5.41, 5.74) is 6.60. The number of benzene rings is 1. The summed E-state index contributed by atoms with van der Waals surface area (Å²) in [5, 5.41) is 0. The molecule has 4 aliphatic carbocycles. The zero-order chi connectivity index (χ0) is 30.0. The fourth-order valence-corrected chi connectivity index (χ4v) is 11.8. The van der Waals surface area contributed by atoms with Crippen LogP contribution in [0.5, 0.6) is 0 Å². The van der Waals surface area contributed by atoms with Crippen LogP contribution in [-0.4, -0.2) is 14.5 Å². The lowest BCUT2D eigenvalue weighted by Crippen LogP contribution is -2.55. The fraction of sp³-hybridized carbons (Fsp3) is 0.730. The van der Waals surface area contributed by atoms with Gasteiger partial charge in [-0.15, -0.1) is 0 Å². The van der Waals surface area contributed by atoms with Gasteiger partial charge in [0.05, 0.1) is 11.0 Å². The third-order valence-electron chi connectivity index (χ3n) is 13.2. The van der Waals surface area contributed by atoms with E-state index in [9.17, 15) is 8.42 Å². The van der Waals surface area contributed by atoms with Gasteiger partial charge < -0.3 is 0 Å². The SMILES string of the molecule is CC(C)=CCC[C@@H](C)[C@H]1CC[C@@]2(C)C3=C(CC[C@]12C)[C@@]1(C)CC[C@H](OS(=O)(=O)c2ccc(C)cc2)C(C)(C)[C@@H]1CC3. The molecule has 5 rings (SSSR count).